The van der Waals surface area contributed by atoms with Crippen molar-refractivity contribution in [1.29, 1.82) is 0 Å². The van der Waals surface area contributed by atoms with Crippen LogP contribution in [0.1, 0.15) is 30.1 Å². The van der Waals surface area contributed by atoms with E-state index in [2.05, 4.69) is 15.3 Å². The van der Waals surface area contributed by atoms with E-state index in [4.69, 9.17) is 11.5 Å². The van der Waals surface area contributed by atoms with E-state index in [1.165, 1.54) is 29.6 Å². The molecule has 2 atom stereocenters. The van der Waals surface area contributed by atoms with Gasteiger partial charge in [0.05, 0.1) is 29.2 Å². The third-order valence-electron chi connectivity index (χ3n) is 4.42. The van der Waals surface area contributed by atoms with Crippen LogP contribution in [0.5, 0.6) is 0 Å². The Kier molecular flexibility index (Phi) is 6.64. The molecule has 0 spiro atoms. The Morgan fingerprint density at radius 1 is 1.33 bits per heavy atom. The summed E-state index contributed by atoms with van der Waals surface area (Å²) >= 11 is 0. The van der Waals surface area contributed by atoms with E-state index >= 15 is 0 Å². The van der Waals surface area contributed by atoms with Gasteiger partial charge >= 0.3 is 11.8 Å². The summed E-state index contributed by atoms with van der Waals surface area (Å²) in [5.74, 6) is -1.91. The summed E-state index contributed by atoms with van der Waals surface area (Å²) in [4.78, 5) is 46.1. The molecule has 1 aliphatic heterocycles. The average Bonchev–Trinajstić information content (AvgIpc) is 2.65. The zero-order chi connectivity index (χ0) is 20.0. The second-order valence-electron chi connectivity index (χ2n) is 6.44. The van der Waals surface area contributed by atoms with Crippen molar-refractivity contribution >= 4 is 29.1 Å². The molecule has 9 heteroatoms. The first-order chi connectivity index (χ1) is 12.9. The lowest BCUT2D eigenvalue weighted by Crippen LogP contribution is -2.53. The summed E-state index contributed by atoms with van der Waals surface area (Å²) < 4.78 is 0. The molecule has 0 aliphatic carbocycles. The van der Waals surface area contributed by atoms with Gasteiger partial charge in [0, 0.05) is 19.8 Å². The minimum atomic E-state index is -0.815. The van der Waals surface area contributed by atoms with E-state index in [1.807, 2.05) is 6.92 Å². The van der Waals surface area contributed by atoms with Gasteiger partial charge in [-0.15, -0.1) is 0 Å². The maximum atomic E-state index is 12.8. The SMILES string of the molecule is CN=C(C=CN)[C@@H]1CC[C@@H](C)CN1C(=O)C(=O)Nc1cncc(C(N)=O)c1. The van der Waals surface area contributed by atoms with Crippen molar-refractivity contribution in [2.45, 2.75) is 25.8 Å². The van der Waals surface area contributed by atoms with Gasteiger partial charge in [-0.25, -0.2) is 0 Å². The number of amides is 3. The lowest BCUT2D eigenvalue weighted by molar-refractivity contribution is -0.145. The van der Waals surface area contributed by atoms with E-state index < -0.39 is 17.7 Å². The maximum absolute atomic E-state index is 12.8. The number of hydrogen-bond donors (Lipinski definition) is 3. The number of carbonyl (C=O) groups is 3. The Morgan fingerprint density at radius 3 is 2.70 bits per heavy atom. The first kappa shape index (κ1) is 20.1. The summed E-state index contributed by atoms with van der Waals surface area (Å²) in [6.07, 6.45) is 7.23. The van der Waals surface area contributed by atoms with Gasteiger partial charge in [-0.05, 0) is 37.1 Å². The number of likely N-dealkylation sites (tertiary alicyclic amines) is 1. The predicted molar refractivity (Wildman–Crippen MR) is 102 cm³/mol. The molecule has 1 fully saturated rings. The summed E-state index contributed by atoms with van der Waals surface area (Å²) in [6.45, 7) is 2.46. The first-order valence-corrected chi connectivity index (χ1v) is 8.59. The van der Waals surface area contributed by atoms with Gasteiger partial charge in [-0.2, -0.15) is 0 Å². The second kappa shape index (κ2) is 8.93. The van der Waals surface area contributed by atoms with Crippen LogP contribution >= 0.6 is 0 Å². The lowest BCUT2D eigenvalue weighted by Gasteiger charge is -2.38. The number of anilines is 1. The van der Waals surface area contributed by atoms with Crippen LogP contribution in [-0.2, 0) is 9.59 Å². The summed E-state index contributed by atoms with van der Waals surface area (Å²) in [6, 6.07) is 1.05. The molecule has 0 bridgehead atoms. The largest absolute Gasteiger partial charge is 0.405 e. The van der Waals surface area contributed by atoms with E-state index in [0.717, 1.165) is 6.42 Å². The lowest BCUT2D eigenvalue weighted by atomic mass is 9.91. The number of pyridine rings is 1. The molecule has 1 aromatic rings. The molecule has 0 saturated carbocycles. The number of nitrogens with two attached hydrogens (primary N) is 2. The summed E-state index contributed by atoms with van der Waals surface area (Å²) in [5.41, 5.74) is 11.7. The molecule has 1 saturated heterocycles. The topological polar surface area (TPSA) is 144 Å². The molecular formula is C18H24N6O3. The number of hydrogen-bond acceptors (Lipinski definition) is 6. The van der Waals surface area contributed by atoms with Crippen LogP contribution < -0.4 is 16.8 Å². The fourth-order valence-electron chi connectivity index (χ4n) is 3.08. The Morgan fingerprint density at radius 2 is 2.07 bits per heavy atom. The highest BCUT2D eigenvalue weighted by atomic mass is 16.2. The van der Waals surface area contributed by atoms with Gasteiger partial charge in [0.2, 0.25) is 5.91 Å². The quantitative estimate of drug-likeness (QED) is 0.514. The molecule has 2 heterocycles. The van der Waals surface area contributed by atoms with Crippen molar-refractivity contribution in [2.24, 2.45) is 22.4 Å². The normalized spacial score (nSPS) is 20.5. The van der Waals surface area contributed by atoms with Crippen LogP contribution in [0.4, 0.5) is 5.69 Å². The highest BCUT2D eigenvalue weighted by Gasteiger charge is 2.35. The number of rotatable bonds is 4. The van der Waals surface area contributed by atoms with Crippen molar-refractivity contribution in [1.82, 2.24) is 9.88 Å². The zero-order valence-corrected chi connectivity index (χ0v) is 15.4. The van der Waals surface area contributed by atoms with Gasteiger partial charge < -0.3 is 21.7 Å². The maximum Gasteiger partial charge on any atom is 0.313 e. The van der Waals surface area contributed by atoms with E-state index in [9.17, 15) is 14.4 Å². The van der Waals surface area contributed by atoms with Crippen LogP contribution in [0, 0.1) is 5.92 Å². The molecule has 1 aliphatic rings. The smallest absolute Gasteiger partial charge is 0.313 e. The van der Waals surface area contributed by atoms with Crippen molar-refractivity contribution in [2.75, 3.05) is 18.9 Å². The average molecular weight is 372 g/mol. The molecule has 1 aromatic heterocycles. The van der Waals surface area contributed by atoms with Crippen LogP contribution in [0.25, 0.3) is 0 Å². The van der Waals surface area contributed by atoms with E-state index in [1.54, 1.807) is 13.1 Å². The number of nitrogens with zero attached hydrogens (tertiary/aromatic N) is 3. The van der Waals surface area contributed by atoms with Crippen molar-refractivity contribution < 1.29 is 14.4 Å². The number of nitrogens with one attached hydrogen (secondary N) is 1. The molecule has 27 heavy (non-hydrogen) atoms. The molecule has 0 radical (unpaired) electrons. The number of carbonyl (C=O) groups excluding carboxylic acids is 3. The standard InChI is InChI=1S/C18H24N6O3/c1-11-3-4-15(14(21-2)5-6-19)24(10-11)18(27)17(26)23-13-7-12(16(20)25)8-22-9-13/h5-9,11,15H,3-4,10,19H2,1-2H3,(H2,20,25)(H,23,26)/t11-,15+/m1/s1. The Balaban J connectivity index is 2.20. The summed E-state index contributed by atoms with van der Waals surface area (Å²) in [7, 11) is 1.62. The van der Waals surface area contributed by atoms with Gasteiger partial charge in [0.1, 0.15) is 0 Å². The summed E-state index contributed by atoms with van der Waals surface area (Å²) in [5, 5.41) is 2.48. The molecule has 2 rings (SSSR count). The van der Waals surface area contributed by atoms with Crippen molar-refractivity contribution in [3.05, 3.63) is 36.3 Å². The van der Waals surface area contributed by atoms with Gasteiger partial charge in [0.25, 0.3) is 0 Å². The zero-order valence-electron chi connectivity index (χ0n) is 15.4. The van der Waals surface area contributed by atoms with Gasteiger partial charge in [-0.3, -0.25) is 24.4 Å². The molecular weight excluding hydrogens is 348 g/mol. The van der Waals surface area contributed by atoms with Crippen LogP contribution in [0.15, 0.2) is 35.7 Å². The van der Waals surface area contributed by atoms with Crippen molar-refractivity contribution in [3.63, 3.8) is 0 Å². The third-order valence-corrected chi connectivity index (χ3v) is 4.42. The predicted octanol–water partition coefficient (Wildman–Crippen LogP) is 0.289. The molecule has 0 aromatic carbocycles. The minimum Gasteiger partial charge on any atom is -0.405 e. The fraction of sp³-hybridized carbons (Fsp3) is 0.389. The number of aliphatic imine (C=N–C) groups is 1. The Labute approximate surface area is 157 Å². The first-order valence-electron chi connectivity index (χ1n) is 8.59. The number of primary amides is 1. The third kappa shape index (κ3) is 4.90. The van der Waals surface area contributed by atoms with Gasteiger partial charge in [0.15, 0.2) is 0 Å². The number of aromatic nitrogens is 1. The monoisotopic (exact) mass is 372 g/mol. The molecule has 5 N–H and O–H groups in total. The van der Waals surface area contributed by atoms with Crippen LogP contribution in [0.2, 0.25) is 0 Å². The molecule has 3 amide bonds. The Hall–Kier alpha value is -3.23. The molecule has 144 valence electrons. The van der Waals surface area contributed by atoms with Crippen molar-refractivity contribution in [3.8, 4) is 0 Å². The second-order valence-corrected chi connectivity index (χ2v) is 6.44. The minimum absolute atomic E-state index is 0.137. The fourth-order valence-corrected chi connectivity index (χ4v) is 3.08. The van der Waals surface area contributed by atoms with Crippen LogP contribution in [0.3, 0.4) is 0 Å². The molecule has 9 nitrogen and oxygen atoms in total. The Bertz CT molecular complexity index is 789. The number of piperidine rings is 1. The highest BCUT2D eigenvalue weighted by molar-refractivity contribution is 6.40. The van der Waals surface area contributed by atoms with E-state index in [-0.39, 0.29) is 23.2 Å². The van der Waals surface area contributed by atoms with Crippen LogP contribution in [-0.4, -0.2) is 53.0 Å². The van der Waals surface area contributed by atoms with E-state index in [0.29, 0.717) is 18.7 Å². The molecule has 0 unspecified atom stereocenters. The van der Waals surface area contributed by atoms with Gasteiger partial charge in [-0.1, -0.05) is 6.92 Å². The highest BCUT2D eigenvalue weighted by Crippen LogP contribution is 2.24.